The third-order valence-corrected chi connectivity index (χ3v) is 6.89. The van der Waals surface area contributed by atoms with E-state index in [1.54, 1.807) is 7.11 Å². The molecule has 0 aromatic heterocycles. The summed E-state index contributed by atoms with van der Waals surface area (Å²) in [5, 5.41) is 10.4. The molecule has 3 fully saturated rings. The molecule has 31 heavy (non-hydrogen) atoms. The maximum Gasteiger partial charge on any atom is 0.309 e. The number of esters is 1. The predicted molar refractivity (Wildman–Crippen MR) is 119 cm³/mol. The van der Waals surface area contributed by atoms with Crippen molar-refractivity contribution in [3.8, 4) is 0 Å². The Bertz CT molecular complexity index is 591. The molecule has 1 N–H and O–H groups in total. The molecule has 0 saturated carbocycles. The molecule has 0 radical (unpaired) electrons. The summed E-state index contributed by atoms with van der Waals surface area (Å²) >= 11 is 0. The van der Waals surface area contributed by atoms with Crippen molar-refractivity contribution in [1.82, 2.24) is 0 Å². The van der Waals surface area contributed by atoms with E-state index in [1.165, 1.54) is 0 Å². The molecule has 3 heterocycles. The molecule has 8 atom stereocenters. The Morgan fingerprint density at radius 2 is 1.84 bits per heavy atom. The lowest BCUT2D eigenvalue weighted by Crippen LogP contribution is -2.42. The van der Waals surface area contributed by atoms with Gasteiger partial charge in [0, 0.05) is 26.4 Å². The Hall–Kier alpha value is -0.950. The number of cyclic esters (lactones) is 1. The SMILES string of the molecule is CO[C@H]1CC2C[C@H](O)CC(CC(=O)O[C@H](/C=C/CC(C)C)CC3CCC(C)C(C1)O3)O2. The molecule has 4 bridgehead atoms. The van der Waals surface area contributed by atoms with Gasteiger partial charge < -0.3 is 24.1 Å². The van der Waals surface area contributed by atoms with Crippen molar-refractivity contribution in [2.45, 2.75) is 121 Å². The van der Waals surface area contributed by atoms with E-state index in [4.69, 9.17) is 18.9 Å². The first kappa shape index (κ1) is 24.7. The number of aliphatic hydroxyl groups excluding tert-OH is 1. The normalized spacial score (nSPS) is 40.5. The second kappa shape index (κ2) is 11.8. The van der Waals surface area contributed by atoms with Gasteiger partial charge in [-0.2, -0.15) is 0 Å². The van der Waals surface area contributed by atoms with Gasteiger partial charge in [-0.15, -0.1) is 0 Å². The molecule has 3 saturated heterocycles. The summed E-state index contributed by atoms with van der Waals surface area (Å²) in [7, 11) is 1.74. The molecule has 6 nitrogen and oxygen atoms in total. The number of hydrogen-bond donors (Lipinski definition) is 1. The Kier molecular flexibility index (Phi) is 9.38. The van der Waals surface area contributed by atoms with Crippen molar-refractivity contribution in [2.75, 3.05) is 7.11 Å². The molecular formula is C25H42O6. The molecule has 0 aromatic carbocycles. The lowest BCUT2D eigenvalue weighted by Gasteiger charge is -2.39. The fourth-order valence-electron chi connectivity index (χ4n) is 5.09. The van der Waals surface area contributed by atoms with Gasteiger partial charge in [0.25, 0.3) is 0 Å². The molecular weight excluding hydrogens is 396 g/mol. The molecule has 0 spiro atoms. The molecule has 3 aliphatic heterocycles. The van der Waals surface area contributed by atoms with E-state index in [1.807, 2.05) is 6.08 Å². The maximum absolute atomic E-state index is 12.7. The Balaban J connectivity index is 1.78. The third kappa shape index (κ3) is 7.85. The van der Waals surface area contributed by atoms with Crippen LogP contribution in [0, 0.1) is 11.8 Å². The number of rotatable bonds is 4. The second-order valence-electron chi connectivity index (χ2n) is 10.2. The Labute approximate surface area is 187 Å². The van der Waals surface area contributed by atoms with Crippen LogP contribution in [-0.4, -0.2) is 60.9 Å². The quantitative estimate of drug-likeness (QED) is 0.524. The first-order valence-corrected chi connectivity index (χ1v) is 12.2. The zero-order valence-corrected chi connectivity index (χ0v) is 19.7. The van der Waals surface area contributed by atoms with Crippen molar-refractivity contribution in [2.24, 2.45) is 11.8 Å². The third-order valence-electron chi connectivity index (χ3n) is 6.89. The zero-order valence-electron chi connectivity index (χ0n) is 19.7. The van der Waals surface area contributed by atoms with Crippen LogP contribution in [0.1, 0.15) is 78.6 Å². The van der Waals surface area contributed by atoms with E-state index < -0.39 is 6.10 Å². The fourth-order valence-corrected chi connectivity index (χ4v) is 5.09. The first-order valence-electron chi connectivity index (χ1n) is 12.2. The summed E-state index contributed by atoms with van der Waals surface area (Å²) in [6, 6.07) is 0. The minimum atomic E-state index is -0.460. The van der Waals surface area contributed by atoms with Crippen molar-refractivity contribution < 1.29 is 28.8 Å². The summed E-state index contributed by atoms with van der Waals surface area (Å²) in [5.74, 6) is 0.754. The largest absolute Gasteiger partial charge is 0.458 e. The van der Waals surface area contributed by atoms with Gasteiger partial charge in [0.2, 0.25) is 0 Å². The van der Waals surface area contributed by atoms with Gasteiger partial charge in [0.1, 0.15) is 6.10 Å². The van der Waals surface area contributed by atoms with E-state index in [2.05, 4.69) is 26.8 Å². The highest BCUT2D eigenvalue weighted by atomic mass is 16.6. The number of ether oxygens (including phenoxy) is 4. The molecule has 0 aromatic rings. The number of aliphatic hydroxyl groups is 1. The van der Waals surface area contributed by atoms with Crippen LogP contribution in [0.25, 0.3) is 0 Å². The summed E-state index contributed by atoms with van der Waals surface area (Å²) in [6.45, 7) is 6.59. The van der Waals surface area contributed by atoms with E-state index in [0.717, 1.165) is 25.7 Å². The van der Waals surface area contributed by atoms with Crippen LogP contribution in [-0.2, 0) is 23.7 Å². The second-order valence-corrected chi connectivity index (χ2v) is 10.2. The summed E-state index contributed by atoms with van der Waals surface area (Å²) in [5.41, 5.74) is 0. The van der Waals surface area contributed by atoms with E-state index >= 15 is 0 Å². The van der Waals surface area contributed by atoms with Crippen molar-refractivity contribution in [3.05, 3.63) is 12.2 Å². The van der Waals surface area contributed by atoms with Crippen molar-refractivity contribution >= 4 is 5.97 Å². The van der Waals surface area contributed by atoms with Crippen molar-refractivity contribution in [3.63, 3.8) is 0 Å². The lowest BCUT2D eigenvalue weighted by atomic mass is 9.87. The summed E-state index contributed by atoms with van der Waals surface area (Å²) in [6.07, 6.45) is 9.64. The van der Waals surface area contributed by atoms with Gasteiger partial charge >= 0.3 is 5.97 Å². The van der Waals surface area contributed by atoms with Gasteiger partial charge in [-0.25, -0.2) is 0 Å². The van der Waals surface area contributed by atoms with E-state index in [-0.39, 0.29) is 49.0 Å². The van der Waals surface area contributed by atoms with Crippen LogP contribution in [0.5, 0.6) is 0 Å². The highest BCUT2D eigenvalue weighted by Crippen LogP contribution is 2.33. The molecule has 5 unspecified atom stereocenters. The molecule has 0 aliphatic carbocycles. The number of carbonyl (C=O) groups excluding carboxylic acids is 1. The first-order chi connectivity index (χ1) is 14.8. The van der Waals surface area contributed by atoms with Crippen LogP contribution < -0.4 is 0 Å². The minimum absolute atomic E-state index is 0.0128. The fraction of sp³-hybridized carbons (Fsp3) is 0.880. The van der Waals surface area contributed by atoms with Gasteiger partial charge in [-0.1, -0.05) is 26.8 Å². The minimum Gasteiger partial charge on any atom is -0.458 e. The molecule has 0 amide bonds. The number of allylic oxidation sites excluding steroid dienone is 1. The smallest absolute Gasteiger partial charge is 0.309 e. The number of hydrogen-bond acceptors (Lipinski definition) is 6. The number of methoxy groups -OCH3 is 1. The summed E-state index contributed by atoms with van der Waals surface area (Å²) < 4.78 is 24.3. The zero-order chi connectivity index (χ0) is 22.4. The molecule has 3 rings (SSSR count). The molecule has 178 valence electrons. The van der Waals surface area contributed by atoms with Gasteiger partial charge in [0.15, 0.2) is 0 Å². The Morgan fingerprint density at radius 1 is 1.06 bits per heavy atom. The average Bonchev–Trinajstić information content (AvgIpc) is 2.68. The molecule has 3 aliphatic rings. The van der Waals surface area contributed by atoms with Crippen LogP contribution >= 0.6 is 0 Å². The van der Waals surface area contributed by atoms with Crippen molar-refractivity contribution in [1.29, 1.82) is 0 Å². The predicted octanol–water partition coefficient (Wildman–Crippen LogP) is 4.18. The summed E-state index contributed by atoms with van der Waals surface area (Å²) in [4.78, 5) is 12.7. The maximum atomic E-state index is 12.7. The van der Waals surface area contributed by atoms with E-state index in [0.29, 0.717) is 37.5 Å². The van der Waals surface area contributed by atoms with Gasteiger partial charge in [0.05, 0.1) is 43.0 Å². The van der Waals surface area contributed by atoms with Crippen LogP contribution in [0.3, 0.4) is 0 Å². The lowest BCUT2D eigenvalue weighted by molar-refractivity contribution is -0.165. The number of fused-ring (bicyclic) bond motifs is 4. The monoisotopic (exact) mass is 438 g/mol. The topological polar surface area (TPSA) is 74.2 Å². The highest BCUT2D eigenvalue weighted by molar-refractivity contribution is 5.70. The Morgan fingerprint density at radius 3 is 2.58 bits per heavy atom. The van der Waals surface area contributed by atoms with Crippen LogP contribution in [0.15, 0.2) is 12.2 Å². The highest BCUT2D eigenvalue weighted by Gasteiger charge is 2.36. The standard InChI is InChI=1S/C25H42O6/c1-16(2)6-5-7-19-12-20-9-8-17(3)24(30-20)14-21(28-4)13-22-10-18(26)11-23(29-22)15-25(27)31-19/h5,7,16-24,26H,6,8-15H2,1-4H3/b7-5+/t17?,18-,19+,20?,21-,22?,23?,24?/m0/s1. The molecule has 6 heteroatoms. The number of carbonyl (C=O) groups is 1. The van der Waals surface area contributed by atoms with Gasteiger partial charge in [-0.05, 0) is 50.0 Å². The van der Waals surface area contributed by atoms with Gasteiger partial charge in [-0.3, -0.25) is 4.79 Å². The van der Waals surface area contributed by atoms with Crippen LogP contribution in [0.2, 0.25) is 0 Å². The van der Waals surface area contributed by atoms with Crippen LogP contribution in [0.4, 0.5) is 0 Å². The average molecular weight is 439 g/mol. The van der Waals surface area contributed by atoms with E-state index in [9.17, 15) is 9.90 Å².